The second-order valence-corrected chi connectivity index (χ2v) is 15.7. The number of carbonyl (C=O) groups is 2. The Labute approximate surface area is 285 Å². The lowest BCUT2D eigenvalue weighted by Gasteiger charge is -2.28. The molecule has 0 aromatic carbocycles. The Morgan fingerprint density at radius 2 is 1.85 bits per heavy atom. The van der Waals surface area contributed by atoms with Gasteiger partial charge in [-0.2, -0.15) is 8.42 Å². The van der Waals surface area contributed by atoms with E-state index < -0.39 is 27.6 Å². The molecule has 15 heteroatoms. The molecule has 2 saturated carbocycles. The van der Waals surface area contributed by atoms with Gasteiger partial charge in [0.2, 0.25) is 5.88 Å². The van der Waals surface area contributed by atoms with Crippen molar-refractivity contribution in [3.63, 3.8) is 0 Å². The van der Waals surface area contributed by atoms with E-state index in [9.17, 15) is 23.1 Å². The van der Waals surface area contributed by atoms with E-state index >= 15 is 0 Å². The highest BCUT2D eigenvalue weighted by Crippen LogP contribution is 2.50. The van der Waals surface area contributed by atoms with Crippen LogP contribution in [0.2, 0.25) is 5.15 Å². The quantitative estimate of drug-likeness (QED) is 0.134. The van der Waals surface area contributed by atoms with Crippen molar-refractivity contribution in [1.29, 1.82) is 0 Å². The number of anilines is 1. The van der Waals surface area contributed by atoms with Crippen molar-refractivity contribution in [2.45, 2.75) is 75.8 Å². The zero-order valence-corrected chi connectivity index (χ0v) is 28.7. The summed E-state index contributed by atoms with van der Waals surface area (Å²) in [5.74, 6) is 2.94. The number of pyridine rings is 2. The molecule has 3 aliphatic rings. The monoisotopic (exact) mass is 699 g/mol. The Morgan fingerprint density at radius 3 is 2.52 bits per heavy atom. The Balaban J connectivity index is 0.995. The summed E-state index contributed by atoms with van der Waals surface area (Å²) in [6, 6.07) is 9.11. The van der Waals surface area contributed by atoms with E-state index in [2.05, 4.69) is 20.4 Å². The molecule has 3 aromatic rings. The number of nitrogens with zero attached hydrogens (tertiary/aromatic N) is 5. The maximum atomic E-state index is 13.1. The number of ether oxygens (including phenoxy) is 1. The van der Waals surface area contributed by atoms with Crippen LogP contribution in [0.5, 0.6) is 5.88 Å². The molecular weight excluding hydrogens is 658 g/mol. The Kier molecular flexibility index (Phi) is 9.84. The molecule has 2 amide bonds. The van der Waals surface area contributed by atoms with Crippen LogP contribution in [0.25, 0.3) is 5.82 Å². The van der Waals surface area contributed by atoms with E-state index in [0.29, 0.717) is 37.2 Å². The SMILES string of the molecule is CC1(C)C[C@H](CCCNc2cccc(S(=O)(=O)NC(=O)c3ccc(-n4ccc(OCCC(C5CC5)C5CC5)n4)nc3Cl)n2)CN1C(=O)O. The summed E-state index contributed by atoms with van der Waals surface area (Å²) in [5, 5.41) is 16.5. The topological polar surface area (TPSA) is 169 Å². The molecule has 48 heavy (non-hydrogen) atoms. The number of carbonyl (C=O) groups excluding carboxylic acids is 1. The van der Waals surface area contributed by atoms with Crippen LogP contribution in [0.1, 0.15) is 75.6 Å². The predicted octanol–water partition coefficient (Wildman–Crippen LogP) is 5.61. The summed E-state index contributed by atoms with van der Waals surface area (Å²) >= 11 is 6.33. The van der Waals surface area contributed by atoms with Crippen LogP contribution in [0.3, 0.4) is 0 Å². The van der Waals surface area contributed by atoms with Crippen LogP contribution in [0.4, 0.5) is 10.6 Å². The molecule has 1 saturated heterocycles. The summed E-state index contributed by atoms with van der Waals surface area (Å²) in [7, 11) is -4.33. The van der Waals surface area contributed by atoms with Gasteiger partial charge < -0.3 is 20.1 Å². The van der Waals surface area contributed by atoms with Crippen molar-refractivity contribution in [2.24, 2.45) is 23.7 Å². The summed E-state index contributed by atoms with van der Waals surface area (Å²) < 4.78 is 35.5. The second-order valence-electron chi connectivity index (χ2n) is 13.7. The average Bonchev–Trinajstić information content (AvgIpc) is 3.97. The first kappa shape index (κ1) is 34.0. The zero-order chi connectivity index (χ0) is 34.1. The van der Waals surface area contributed by atoms with Crippen LogP contribution < -0.4 is 14.8 Å². The molecule has 13 nitrogen and oxygen atoms in total. The molecule has 258 valence electrons. The number of hydrogen-bond acceptors (Lipinski definition) is 9. The van der Waals surface area contributed by atoms with E-state index in [4.69, 9.17) is 16.3 Å². The van der Waals surface area contributed by atoms with Gasteiger partial charge in [0, 0.05) is 30.9 Å². The highest BCUT2D eigenvalue weighted by molar-refractivity contribution is 7.90. The normalized spacial score (nSPS) is 19.0. The average molecular weight is 700 g/mol. The molecule has 0 bridgehead atoms. The van der Waals surface area contributed by atoms with Gasteiger partial charge in [-0.05, 0) is 113 Å². The van der Waals surface area contributed by atoms with Crippen LogP contribution >= 0.6 is 11.6 Å². The molecule has 4 heterocycles. The minimum Gasteiger partial charge on any atom is -0.477 e. The fraction of sp³-hybridized carbons (Fsp3) is 0.545. The van der Waals surface area contributed by atoms with Gasteiger partial charge in [0.15, 0.2) is 10.8 Å². The minimum absolute atomic E-state index is 0.121. The first-order valence-corrected chi connectivity index (χ1v) is 18.4. The van der Waals surface area contributed by atoms with E-state index in [1.54, 1.807) is 18.3 Å². The molecule has 0 unspecified atom stereocenters. The third-order valence-corrected chi connectivity index (χ3v) is 11.1. The van der Waals surface area contributed by atoms with E-state index in [1.807, 2.05) is 18.6 Å². The maximum absolute atomic E-state index is 13.1. The number of sulfonamides is 1. The molecule has 0 radical (unpaired) electrons. The van der Waals surface area contributed by atoms with Gasteiger partial charge in [0.1, 0.15) is 11.0 Å². The molecule has 1 atom stereocenters. The predicted molar refractivity (Wildman–Crippen MR) is 179 cm³/mol. The fourth-order valence-electron chi connectivity index (χ4n) is 6.85. The van der Waals surface area contributed by atoms with Gasteiger partial charge in [-0.3, -0.25) is 4.79 Å². The highest BCUT2D eigenvalue weighted by Gasteiger charge is 2.41. The van der Waals surface area contributed by atoms with Crippen molar-refractivity contribution in [2.75, 3.05) is 25.0 Å². The van der Waals surface area contributed by atoms with Crippen molar-refractivity contribution in [1.82, 2.24) is 29.4 Å². The van der Waals surface area contributed by atoms with Gasteiger partial charge in [0.05, 0.1) is 12.2 Å². The smallest absolute Gasteiger partial charge is 0.407 e. The molecule has 3 fully saturated rings. The van der Waals surface area contributed by atoms with E-state index in [-0.39, 0.29) is 21.7 Å². The Bertz CT molecular complexity index is 1750. The van der Waals surface area contributed by atoms with Crippen LogP contribution in [0, 0.1) is 23.7 Å². The van der Waals surface area contributed by atoms with Crippen LogP contribution in [0.15, 0.2) is 47.6 Å². The molecule has 3 aromatic heterocycles. The maximum Gasteiger partial charge on any atom is 0.407 e. The first-order valence-electron chi connectivity index (χ1n) is 16.5. The molecule has 6 rings (SSSR count). The molecule has 2 aliphatic carbocycles. The third kappa shape index (κ3) is 8.20. The summed E-state index contributed by atoms with van der Waals surface area (Å²) in [6.07, 6.45) is 9.51. The number of hydrogen-bond donors (Lipinski definition) is 3. The van der Waals surface area contributed by atoms with Crippen molar-refractivity contribution in [3.8, 4) is 11.7 Å². The molecule has 1 aliphatic heterocycles. The number of aromatic nitrogens is 4. The lowest BCUT2D eigenvalue weighted by atomic mass is 9.93. The number of carboxylic acid groups (broad SMARTS) is 1. The third-order valence-electron chi connectivity index (χ3n) is 9.55. The zero-order valence-electron chi connectivity index (χ0n) is 27.1. The lowest BCUT2D eigenvalue weighted by Crippen LogP contribution is -2.41. The number of amides is 2. The van der Waals surface area contributed by atoms with Gasteiger partial charge in [-0.25, -0.2) is 24.2 Å². The number of likely N-dealkylation sites (tertiary alicyclic amines) is 1. The van der Waals surface area contributed by atoms with Crippen molar-refractivity contribution < 1.29 is 27.9 Å². The summed E-state index contributed by atoms with van der Waals surface area (Å²) in [4.78, 5) is 34.4. The molecular formula is C33H42ClN7O6S. The Hall–Kier alpha value is -3.91. The lowest BCUT2D eigenvalue weighted by molar-refractivity contribution is 0.0980. The van der Waals surface area contributed by atoms with Gasteiger partial charge >= 0.3 is 6.09 Å². The van der Waals surface area contributed by atoms with Crippen LogP contribution in [-0.4, -0.2) is 75.4 Å². The summed E-state index contributed by atoms with van der Waals surface area (Å²) in [5.41, 5.74) is -0.516. The Morgan fingerprint density at radius 1 is 1.10 bits per heavy atom. The second kappa shape index (κ2) is 13.9. The minimum atomic E-state index is -4.33. The van der Waals surface area contributed by atoms with E-state index in [0.717, 1.165) is 43.4 Å². The van der Waals surface area contributed by atoms with Crippen molar-refractivity contribution in [3.05, 3.63) is 53.3 Å². The highest BCUT2D eigenvalue weighted by atomic mass is 35.5. The van der Waals surface area contributed by atoms with Gasteiger partial charge in [0.25, 0.3) is 15.9 Å². The standard InChI is InChI=1S/C33H42ClN7O6S/c1-33(2)19-21(20-40(33)32(43)44)5-4-16-35-26-6-3-7-29(36-26)48(45,46)39-31(42)25-12-13-27(37-30(25)34)41-17-14-28(38-41)47-18-15-24(22-8-9-22)23-10-11-23/h3,6-7,12-14,17,21-24H,4-5,8-11,15-16,18-20H2,1-2H3,(H,35,36)(H,39,42)(H,43,44)/t21-/m0/s1. The molecule has 0 spiro atoms. The molecule has 3 N–H and O–H groups in total. The van der Waals surface area contributed by atoms with Gasteiger partial charge in [-0.1, -0.05) is 17.7 Å². The summed E-state index contributed by atoms with van der Waals surface area (Å²) in [6.45, 7) is 5.49. The fourth-order valence-corrected chi connectivity index (χ4v) is 8.02. The number of halogens is 1. The number of nitrogens with one attached hydrogen (secondary N) is 2. The largest absolute Gasteiger partial charge is 0.477 e. The van der Waals surface area contributed by atoms with Crippen LogP contribution in [-0.2, 0) is 10.0 Å². The first-order chi connectivity index (χ1) is 22.9. The van der Waals surface area contributed by atoms with E-state index in [1.165, 1.54) is 59.5 Å². The number of rotatable bonds is 15. The van der Waals surface area contributed by atoms with Gasteiger partial charge in [-0.15, -0.1) is 5.10 Å². The van der Waals surface area contributed by atoms with Crippen molar-refractivity contribution >= 4 is 39.4 Å².